The van der Waals surface area contributed by atoms with Gasteiger partial charge in [0.15, 0.2) is 5.76 Å². The number of hydrogen-bond acceptors (Lipinski definition) is 5. The van der Waals surface area contributed by atoms with Gasteiger partial charge in [0.25, 0.3) is 11.8 Å². The van der Waals surface area contributed by atoms with Crippen LogP contribution in [0.4, 0.5) is 5.69 Å². The number of benzene rings is 2. The number of hydrogen-bond donors (Lipinski definition) is 3. The van der Waals surface area contributed by atoms with Crippen LogP contribution in [-0.4, -0.2) is 24.3 Å². The highest BCUT2D eigenvalue weighted by atomic mass is 35.5. The van der Waals surface area contributed by atoms with Crippen molar-refractivity contribution in [1.29, 1.82) is 0 Å². The molecule has 172 valence electrons. The number of amides is 3. The molecule has 3 amide bonds. The molecule has 0 aliphatic carbocycles. The number of halogens is 1. The fourth-order valence-electron chi connectivity index (χ4n) is 2.94. The molecule has 0 aliphatic rings. The minimum Gasteiger partial charge on any atom is -0.493 e. The molecule has 9 heteroatoms. The van der Waals surface area contributed by atoms with Crippen molar-refractivity contribution in [3.63, 3.8) is 0 Å². The summed E-state index contributed by atoms with van der Waals surface area (Å²) in [4.78, 5) is 36.6. The third-order valence-electron chi connectivity index (χ3n) is 4.75. The van der Waals surface area contributed by atoms with Crippen LogP contribution in [0.15, 0.2) is 59.2 Å². The highest BCUT2D eigenvalue weighted by Gasteiger charge is 2.13. The van der Waals surface area contributed by atoms with E-state index in [1.165, 1.54) is 12.3 Å². The van der Waals surface area contributed by atoms with Crippen molar-refractivity contribution in [2.24, 2.45) is 0 Å². The van der Waals surface area contributed by atoms with Crippen molar-refractivity contribution in [1.82, 2.24) is 10.9 Å². The standard InChI is InChI=1S/C24H24ClN3O5/c1-15-7-8-17(14-19(15)26-24(31)21-5-3-11-33-21)23(30)28-27-22(29)6-4-12-32-20-10-9-18(25)13-16(20)2/h3,5,7-11,13-14H,4,6,12H2,1-2H3,(H,26,31)(H,27,29)(H,28,30). The van der Waals surface area contributed by atoms with Crippen LogP contribution in [0, 0.1) is 13.8 Å². The zero-order valence-electron chi connectivity index (χ0n) is 18.2. The van der Waals surface area contributed by atoms with E-state index in [1.807, 2.05) is 6.92 Å². The lowest BCUT2D eigenvalue weighted by Gasteiger charge is -2.11. The van der Waals surface area contributed by atoms with Crippen molar-refractivity contribution in [2.75, 3.05) is 11.9 Å². The van der Waals surface area contributed by atoms with E-state index in [9.17, 15) is 14.4 Å². The molecule has 0 unspecified atom stereocenters. The Morgan fingerprint density at radius 3 is 2.52 bits per heavy atom. The SMILES string of the molecule is Cc1ccc(C(=O)NNC(=O)CCCOc2ccc(Cl)cc2C)cc1NC(=O)c1ccco1. The molecule has 0 radical (unpaired) electrons. The second-order valence-electron chi connectivity index (χ2n) is 7.33. The van der Waals surface area contributed by atoms with Gasteiger partial charge in [0, 0.05) is 22.7 Å². The lowest BCUT2D eigenvalue weighted by molar-refractivity contribution is -0.122. The fraction of sp³-hybridized carbons (Fsp3) is 0.208. The van der Waals surface area contributed by atoms with Crippen LogP contribution < -0.4 is 20.9 Å². The summed E-state index contributed by atoms with van der Waals surface area (Å²) in [5.41, 5.74) is 7.18. The van der Waals surface area contributed by atoms with E-state index in [0.717, 1.165) is 11.1 Å². The molecule has 0 atom stereocenters. The highest BCUT2D eigenvalue weighted by Crippen LogP contribution is 2.22. The van der Waals surface area contributed by atoms with Crippen molar-refractivity contribution < 1.29 is 23.5 Å². The first-order valence-electron chi connectivity index (χ1n) is 10.3. The Labute approximate surface area is 196 Å². The van der Waals surface area contributed by atoms with Gasteiger partial charge < -0.3 is 14.5 Å². The van der Waals surface area contributed by atoms with Crippen molar-refractivity contribution in [3.05, 3.63) is 82.3 Å². The van der Waals surface area contributed by atoms with Crippen molar-refractivity contribution in [2.45, 2.75) is 26.7 Å². The minimum atomic E-state index is -0.509. The van der Waals surface area contributed by atoms with Crippen LogP contribution in [0.5, 0.6) is 5.75 Å². The van der Waals surface area contributed by atoms with E-state index in [-0.39, 0.29) is 23.7 Å². The molecular formula is C24H24ClN3O5. The molecule has 0 spiro atoms. The van der Waals surface area contributed by atoms with Gasteiger partial charge in [0.05, 0.1) is 12.9 Å². The van der Waals surface area contributed by atoms with Crippen LogP contribution in [0.1, 0.15) is 44.9 Å². The summed E-state index contributed by atoms with van der Waals surface area (Å²) in [6, 6.07) is 13.3. The lowest BCUT2D eigenvalue weighted by atomic mass is 10.1. The fourth-order valence-corrected chi connectivity index (χ4v) is 3.17. The minimum absolute atomic E-state index is 0.159. The van der Waals surface area contributed by atoms with Gasteiger partial charge in [-0.15, -0.1) is 0 Å². The smallest absolute Gasteiger partial charge is 0.291 e. The first-order valence-corrected chi connectivity index (χ1v) is 10.6. The average Bonchev–Trinajstić information content (AvgIpc) is 3.33. The van der Waals surface area contributed by atoms with Crippen LogP contribution in [-0.2, 0) is 4.79 Å². The van der Waals surface area contributed by atoms with Crippen LogP contribution in [0.2, 0.25) is 5.02 Å². The van der Waals surface area contributed by atoms with E-state index in [4.69, 9.17) is 20.8 Å². The molecule has 1 aromatic heterocycles. The summed E-state index contributed by atoms with van der Waals surface area (Å²) in [6.07, 6.45) is 2.04. The van der Waals surface area contributed by atoms with Gasteiger partial charge in [0.2, 0.25) is 5.91 Å². The number of carbonyl (C=O) groups is 3. The zero-order chi connectivity index (χ0) is 23.8. The quantitative estimate of drug-likeness (QED) is 0.334. The first-order chi connectivity index (χ1) is 15.8. The van der Waals surface area contributed by atoms with Gasteiger partial charge in [-0.3, -0.25) is 25.2 Å². The van der Waals surface area contributed by atoms with E-state index in [0.29, 0.717) is 29.5 Å². The number of nitrogens with one attached hydrogen (secondary N) is 3. The molecule has 0 bridgehead atoms. The maximum absolute atomic E-state index is 12.4. The van der Waals surface area contributed by atoms with Gasteiger partial charge in [-0.05, 0) is 73.9 Å². The van der Waals surface area contributed by atoms with Gasteiger partial charge in [-0.25, -0.2) is 0 Å². The van der Waals surface area contributed by atoms with Crippen LogP contribution in [0.25, 0.3) is 0 Å². The Kier molecular flexibility index (Phi) is 8.10. The molecule has 2 aromatic carbocycles. The summed E-state index contributed by atoms with van der Waals surface area (Å²) in [5, 5.41) is 3.34. The number of rotatable bonds is 8. The Bertz CT molecular complexity index is 1150. The molecular weight excluding hydrogens is 446 g/mol. The summed E-state index contributed by atoms with van der Waals surface area (Å²) >= 11 is 5.92. The number of furan rings is 1. The van der Waals surface area contributed by atoms with Crippen molar-refractivity contribution >= 4 is 35.0 Å². The highest BCUT2D eigenvalue weighted by molar-refractivity contribution is 6.30. The van der Waals surface area contributed by atoms with E-state index in [2.05, 4.69) is 16.2 Å². The second-order valence-corrected chi connectivity index (χ2v) is 7.76. The molecule has 3 rings (SSSR count). The number of hydrazine groups is 1. The molecule has 3 aromatic rings. The summed E-state index contributed by atoms with van der Waals surface area (Å²) in [7, 11) is 0. The zero-order valence-corrected chi connectivity index (χ0v) is 19.0. The van der Waals surface area contributed by atoms with Crippen LogP contribution >= 0.6 is 11.6 Å². The molecule has 1 heterocycles. The monoisotopic (exact) mass is 469 g/mol. The predicted octanol–water partition coefficient (Wildman–Crippen LogP) is 4.42. The summed E-state index contributed by atoms with van der Waals surface area (Å²) < 4.78 is 10.7. The summed E-state index contributed by atoms with van der Waals surface area (Å²) in [5.74, 6) is -0.415. The first kappa shape index (κ1) is 23.9. The van der Waals surface area contributed by atoms with Gasteiger partial charge >= 0.3 is 0 Å². The molecule has 3 N–H and O–H groups in total. The Morgan fingerprint density at radius 2 is 1.79 bits per heavy atom. The average molecular weight is 470 g/mol. The lowest BCUT2D eigenvalue weighted by Crippen LogP contribution is -2.41. The maximum Gasteiger partial charge on any atom is 0.291 e. The normalized spacial score (nSPS) is 10.4. The molecule has 8 nitrogen and oxygen atoms in total. The third-order valence-corrected chi connectivity index (χ3v) is 4.99. The largest absolute Gasteiger partial charge is 0.493 e. The number of ether oxygens (including phenoxy) is 1. The maximum atomic E-state index is 12.4. The van der Waals surface area contributed by atoms with Gasteiger partial charge in [-0.2, -0.15) is 0 Å². The van der Waals surface area contributed by atoms with Gasteiger partial charge in [0.1, 0.15) is 5.75 Å². The molecule has 0 saturated carbocycles. The van der Waals surface area contributed by atoms with Gasteiger partial charge in [-0.1, -0.05) is 17.7 Å². The van der Waals surface area contributed by atoms with E-state index in [1.54, 1.807) is 49.4 Å². The second kappa shape index (κ2) is 11.2. The topological polar surface area (TPSA) is 110 Å². The molecule has 0 saturated heterocycles. The van der Waals surface area contributed by atoms with E-state index < -0.39 is 11.8 Å². The number of carbonyl (C=O) groups excluding carboxylic acids is 3. The number of anilines is 1. The molecule has 33 heavy (non-hydrogen) atoms. The van der Waals surface area contributed by atoms with Crippen molar-refractivity contribution in [3.8, 4) is 5.75 Å². The molecule has 0 fully saturated rings. The Morgan fingerprint density at radius 1 is 0.970 bits per heavy atom. The summed E-state index contributed by atoms with van der Waals surface area (Å²) in [6.45, 7) is 4.04. The van der Waals surface area contributed by atoms with E-state index >= 15 is 0 Å². The predicted molar refractivity (Wildman–Crippen MR) is 124 cm³/mol. The Balaban J connectivity index is 1.45. The Hall–Kier alpha value is -3.78. The van der Waals surface area contributed by atoms with Crippen LogP contribution in [0.3, 0.4) is 0 Å². The molecule has 0 aliphatic heterocycles. The third kappa shape index (κ3) is 6.85. The number of aryl methyl sites for hydroxylation is 2.